The van der Waals surface area contributed by atoms with Crippen LogP contribution in [0.1, 0.15) is 59.3 Å². The molecule has 0 aromatic heterocycles. The maximum atomic E-state index is 6.37. The van der Waals surface area contributed by atoms with Crippen LogP contribution in [-0.2, 0) is 0 Å². The molecule has 0 aromatic rings. The van der Waals surface area contributed by atoms with Crippen molar-refractivity contribution in [2.45, 2.75) is 65.3 Å². The van der Waals surface area contributed by atoms with Crippen LogP contribution in [0.5, 0.6) is 0 Å². The van der Waals surface area contributed by atoms with E-state index in [0.717, 1.165) is 17.8 Å². The van der Waals surface area contributed by atoms with E-state index < -0.39 is 0 Å². The first-order chi connectivity index (χ1) is 6.96. The molecule has 15 heavy (non-hydrogen) atoms. The maximum Gasteiger partial charge on any atom is 0.00701 e. The molecule has 0 radical (unpaired) electrons. The monoisotopic (exact) mass is 209 g/mol. The Hall–Kier alpha value is -0.0400. The minimum Gasteiger partial charge on any atom is -0.327 e. The van der Waals surface area contributed by atoms with Crippen molar-refractivity contribution >= 4 is 0 Å². The molecule has 2 saturated carbocycles. The topological polar surface area (TPSA) is 26.0 Å². The molecule has 2 fully saturated rings. The maximum absolute atomic E-state index is 6.37. The van der Waals surface area contributed by atoms with Crippen LogP contribution < -0.4 is 5.73 Å². The Bertz CT molecular complexity index is 216. The molecule has 0 spiro atoms. The average Bonchev–Trinajstić information content (AvgIpc) is 2.73. The van der Waals surface area contributed by atoms with Crippen LogP contribution in [0.4, 0.5) is 0 Å². The second-order valence-corrected chi connectivity index (χ2v) is 7.10. The van der Waals surface area contributed by atoms with Gasteiger partial charge < -0.3 is 5.73 Å². The van der Waals surface area contributed by atoms with Crippen molar-refractivity contribution in [1.29, 1.82) is 0 Å². The molecule has 1 nitrogen and oxygen atoms in total. The highest BCUT2D eigenvalue weighted by atomic mass is 14.7. The fourth-order valence-electron chi connectivity index (χ4n) is 3.63. The largest absolute Gasteiger partial charge is 0.327 e. The van der Waals surface area contributed by atoms with E-state index in [0.29, 0.717) is 11.5 Å². The molecule has 0 aliphatic heterocycles. The predicted octanol–water partition coefficient (Wildman–Crippen LogP) is 3.58. The van der Waals surface area contributed by atoms with Gasteiger partial charge in [-0.1, -0.05) is 27.2 Å². The molecule has 4 atom stereocenters. The van der Waals surface area contributed by atoms with Gasteiger partial charge in [0.25, 0.3) is 0 Å². The van der Waals surface area contributed by atoms with Crippen LogP contribution in [0.15, 0.2) is 0 Å². The fourth-order valence-corrected chi connectivity index (χ4v) is 3.63. The van der Waals surface area contributed by atoms with Crippen LogP contribution in [-0.4, -0.2) is 6.04 Å². The van der Waals surface area contributed by atoms with E-state index in [1.807, 2.05) is 0 Å². The summed E-state index contributed by atoms with van der Waals surface area (Å²) >= 11 is 0. The summed E-state index contributed by atoms with van der Waals surface area (Å²) in [7, 11) is 0. The quantitative estimate of drug-likeness (QED) is 0.755. The van der Waals surface area contributed by atoms with E-state index in [-0.39, 0.29) is 0 Å². The van der Waals surface area contributed by atoms with Crippen LogP contribution in [0.25, 0.3) is 0 Å². The lowest BCUT2D eigenvalue weighted by molar-refractivity contribution is 0.246. The molecule has 0 saturated heterocycles. The summed E-state index contributed by atoms with van der Waals surface area (Å²) in [5.74, 6) is 2.90. The Kier molecular flexibility index (Phi) is 3.12. The van der Waals surface area contributed by atoms with Crippen molar-refractivity contribution in [2.75, 3.05) is 0 Å². The van der Waals surface area contributed by atoms with E-state index >= 15 is 0 Å². The van der Waals surface area contributed by atoms with Gasteiger partial charge in [-0.25, -0.2) is 0 Å². The van der Waals surface area contributed by atoms with Crippen LogP contribution in [0.2, 0.25) is 0 Å². The molecule has 0 heterocycles. The number of hydrogen-bond acceptors (Lipinski definition) is 1. The lowest BCUT2D eigenvalue weighted by atomic mass is 9.79. The number of nitrogens with two attached hydrogens (primary N) is 1. The zero-order valence-electron chi connectivity index (χ0n) is 10.6. The summed E-state index contributed by atoms with van der Waals surface area (Å²) in [6.45, 7) is 6.96. The molecule has 88 valence electrons. The summed E-state index contributed by atoms with van der Waals surface area (Å²) in [5.41, 5.74) is 6.83. The lowest BCUT2D eigenvalue weighted by Crippen LogP contribution is -2.34. The number of rotatable bonds is 3. The van der Waals surface area contributed by atoms with Gasteiger partial charge in [0.05, 0.1) is 0 Å². The third-order valence-electron chi connectivity index (χ3n) is 4.57. The van der Waals surface area contributed by atoms with Crippen molar-refractivity contribution in [2.24, 2.45) is 28.9 Å². The normalized spacial score (nSPS) is 37.2. The Morgan fingerprint density at radius 2 is 1.93 bits per heavy atom. The van der Waals surface area contributed by atoms with Gasteiger partial charge in [0.2, 0.25) is 0 Å². The van der Waals surface area contributed by atoms with Crippen LogP contribution >= 0.6 is 0 Å². The molecular weight excluding hydrogens is 182 g/mol. The molecule has 2 aliphatic carbocycles. The SMILES string of the molecule is CC(C)(C)CCC(N)C1CC2CCC1C2. The summed E-state index contributed by atoms with van der Waals surface area (Å²) in [6.07, 6.45) is 8.41. The second kappa shape index (κ2) is 4.08. The molecule has 4 unspecified atom stereocenters. The highest BCUT2D eigenvalue weighted by molar-refractivity contribution is 4.94. The van der Waals surface area contributed by atoms with Crippen molar-refractivity contribution in [3.63, 3.8) is 0 Å². The van der Waals surface area contributed by atoms with Crippen molar-refractivity contribution in [3.8, 4) is 0 Å². The molecule has 2 N–H and O–H groups in total. The molecule has 0 amide bonds. The smallest absolute Gasteiger partial charge is 0.00701 e. The van der Waals surface area contributed by atoms with E-state index in [1.54, 1.807) is 0 Å². The Morgan fingerprint density at radius 1 is 1.20 bits per heavy atom. The molecule has 0 aromatic carbocycles. The summed E-state index contributed by atoms with van der Waals surface area (Å²) < 4.78 is 0. The Balaban J connectivity index is 1.79. The second-order valence-electron chi connectivity index (χ2n) is 7.10. The van der Waals surface area contributed by atoms with Gasteiger partial charge in [-0.15, -0.1) is 0 Å². The van der Waals surface area contributed by atoms with E-state index in [2.05, 4.69) is 20.8 Å². The highest BCUT2D eigenvalue weighted by Crippen LogP contribution is 2.49. The molecule has 1 heteroatoms. The zero-order valence-corrected chi connectivity index (χ0v) is 10.6. The predicted molar refractivity (Wildman–Crippen MR) is 65.6 cm³/mol. The van der Waals surface area contributed by atoms with Gasteiger partial charge in [0, 0.05) is 6.04 Å². The molecule has 2 bridgehead atoms. The highest BCUT2D eigenvalue weighted by Gasteiger charge is 2.41. The Labute approximate surface area is 94.8 Å². The fraction of sp³-hybridized carbons (Fsp3) is 1.00. The van der Waals surface area contributed by atoms with Gasteiger partial charge in [-0.05, 0) is 55.3 Å². The van der Waals surface area contributed by atoms with Gasteiger partial charge in [-0.3, -0.25) is 0 Å². The van der Waals surface area contributed by atoms with Gasteiger partial charge in [0.1, 0.15) is 0 Å². The van der Waals surface area contributed by atoms with Gasteiger partial charge in [0.15, 0.2) is 0 Å². The third-order valence-corrected chi connectivity index (χ3v) is 4.57. The molecule has 2 aliphatic rings. The van der Waals surface area contributed by atoms with Gasteiger partial charge in [-0.2, -0.15) is 0 Å². The van der Waals surface area contributed by atoms with E-state index in [1.165, 1.54) is 38.5 Å². The summed E-state index contributed by atoms with van der Waals surface area (Å²) in [5, 5.41) is 0. The van der Waals surface area contributed by atoms with Crippen molar-refractivity contribution in [1.82, 2.24) is 0 Å². The third kappa shape index (κ3) is 2.75. The van der Waals surface area contributed by atoms with Crippen molar-refractivity contribution < 1.29 is 0 Å². The first kappa shape index (κ1) is 11.4. The molecular formula is C14H27N. The zero-order chi connectivity index (χ0) is 11.1. The van der Waals surface area contributed by atoms with Crippen molar-refractivity contribution in [3.05, 3.63) is 0 Å². The van der Waals surface area contributed by atoms with Crippen LogP contribution in [0.3, 0.4) is 0 Å². The summed E-state index contributed by atoms with van der Waals surface area (Å²) in [4.78, 5) is 0. The van der Waals surface area contributed by atoms with Gasteiger partial charge >= 0.3 is 0 Å². The minimum atomic E-state index is 0.454. The van der Waals surface area contributed by atoms with Crippen LogP contribution in [0, 0.1) is 23.2 Å². The standard InChI is InChI=1S/C14H27N/c1-14(2,3)7-6-13(15)12-9-10-4-5-11(12)8-10/h10-13H,4-9,15H2,1-3H3. The number of hydrogen-bond donors (Lipinski definition) is 1. The summed E-state index contributed by atoms with van der Waals surface area (Å²) in [6, 6.07) is 0.486. The Morgan fingerprint density at radius 3 is 2.40 bits per heavy atom. The number of fused-ring (bicyclic) bond motifs is 2. The first-order valence-corrected chi connectivity index (χ1v) is 6.71. The lowest BCUT2D eigenvalue weighted by Gasteiger charge is -2.29. The van der Waals surface area contributed by atoms with E-state index in [9.17, 15) is 0 Å². The minimum absolute atomic E-state index is 0.454. The molecule has 2 rings (SSSR count). The first-order valence-electron chi connectivity index (χ1n) is 6.71. The van der Waals surface area contributed by atoms with E-state index in [4.69, 9.17) is 5.73 Å². The average molecular weight is 209 g/mol.